The van der Waals surface area contributed by atoms with Gasteiger partial charge in [-0.15, -0.1) is 0 Å². The van der Waals surface area contributed by atoms with E-state index in [0.29, 0.717) is 5.69 Å². The minimum atomic E-state index is -0.426. The normalized spacial score (nSPS) is 10.4. The predicted octanol–water partition coefficient (Wildman–Crippen LogP) is -0.0201. The molecule has 1 amide bonds. The highest BCUT2D eigenvalue weighted by Crippen LogP contribution is 2.03. The monoisotopic (exact) mass is 219 g/mol. The minimum Gasteiger partial charge on any atom is -0.296 e. The van der Waals surface area contributed by atoms with Gasteiger partial charge in [0, 0.05) is 6.92 Å². The van der Waals surface area contributed by atoms with E-state index in [1.54, 1.807) is 6.92 Å². The molecular weight excluding hydrogens is 210 g/mol. The summed E-state index contributed by atoms with van der Waals surface area (Å²) in [5.41, 5.74) is 0.573. The van der Waals surface area contributed by atoms with Gasteiger partial charge < -0.3 is 0 Å². The average Bonchev–Trinajstić information content (AvgIpc) is 2.18. The van der Waals surface area contributed by atoms with Crippen LogP contribution in [0.25, 0.3) is 11.2 Å². The van der Waals surface area contributed by atoms with Crippen LogP contribution in [0.15, 0.2) is 11.0 Å². The van der Waals surface area contributed by atoms with Crippen molar-refractivity contribution in [1.29, 1.82) is 0 Å². The van der Waals surface area contributed by atoms with Gasteiger partial charge in [0.05, 0.1) is 11.9 Å². The van der Waals surface area contributed by atoms with Gasteiger partial charge in [-0.05, 0) is 6.92 Å². The Labute approximate surface area is 90.0 Å². The van der Waals surface area contributed by atoms with Crippen LogP contribution >= 0.6 is 0 Å². The van der Waals surface area contributed by atoms with Gasteiger partial charge in [-0.2, -0.15) is 4.98 Å². The Morgan fingerprint density at radius 2 is 2.19 bits per heavy atom. The number of aromatic amines is 1. The number of nitrogens with one attached hydrogen (secondary N) is 2. The lowest BCUT2D eigenvalue weighted by molar-refractivity contribution is -0.114. The van der Waals surface area contributed by atoms with E-state index in [2.05, 4.69) is 25.3 Å². The van der Waals surface area contributed by atoms with Crippen LogP contribution in [0.4, 0.5) is 5.95 Å². The van der Waals surface area contributed by atoms with Gasteiger partial charge in [-0.1, -0.05) is 0 Å². The Bertz CT molecular complexity index is 619. The SMILES string of the molecule is CC(=O)Nc1nc2ncc(C)nc2c(=O)[nH]1. The molecular formula is C9H9N5O2. The number of H-pyrrole nitrogens is 1. The van der Waals surface area contributed by atoms with Gasteiger partial charge in [0.25, 0.3) is 5.56 Å². The zero-order valence-corrected chi connectivity index (χ0v) is 8.74. The molecule has 2 rings (SSSR count). The van der Waals surface area contributed by atoms with Gasteiger partial charge in [0.15, 0.2) is 11.2 Å². The molecule has 2 aromatic rings. The van der Waals surface area contributed by atoms with E-state index in [0.717, 1.165) is 0 Å². The highest BCUT2D eigenvalue weighted by atomic mass is 16.1. The molecule has 0 aromatic carbocycles. The van der Waals surface area contributed by atoms with Crippen LogP contribution in [0.2, 0.25) is 0 Å². The molecule has 0 fully saturated rings. The van der Waals surface area contributed by atoms with Crippen molar-refractivity contribution >= 4 is 23.0 Å². The number of carbonyl (C=O) groups is 1. The smallest absolute Gasteiger partial charge is 0.280 e. The lowest BCUT2D eigenvalue weighted by Crippen LogP contribution is -2.17. The van der Waals surface area contributed by atoms with Crippen LogP contribution in [-0.4, -0.2) is 25.8 Å². The lowest BCUT2D eigenvalue weighted by atomic mass is 10.4. The molecule has 0 aliphatic carbocycles. The summed E-state index contributed by atoms with van der Waals surface area (Å²) in [6.45, 7) is 3.05. The highest BCUT2D eigenvalue weighted by Gasteiger charge is 2.07. The maximum atomic E-state index is 11.6. The van der Waals surface area contributed by atoms with Gasteiger partial charge in [0.2, 0.25) is 11.9 Å². The first-order valence-electron chi connectivity index (χ1n) is 4.57. The Morgan fingerprint density at radius 3 is 2.88 bits per heavy atom. The number of amides is 1. The van der Waals surface area contributed by atoms with Gasteiger partial charge >= 0.3 is 0 Å². The summed E-state index contributed by atoms with van der Waals surface area (Å²) in [4.78, 5) is 36.7. The van der Waals surface area contributed by atoms with Crippen LogP contribution in [0.3, 0.4) is 0 Å². The van der Waals surface area contributed by atoms with E-state index in [1.165, 1.54) is 13.1 Å². The summed E-state index contributed by atoms with van der Waals surface area (Å²) in [5, 5.41) is 2.38. The van der Waals surface area contributed by atoms with Crippen molar-refractivity contribution in [1.82, 2.24) is 19.9 Å². The fourth-order valence-electron chi connectivity index (χ4n) is 1.23. The van der Waals surface area contributed by atoms with Crippen molar-refractivity contribution in [2.75, 3.05) is 5.32 Å². The summed E-state index contributed by atoms with van der Waals surface area (Å²) in [7, 11) is 0. The summed E-state index contributed by atoms with van der Waals surface area (Å²) >= 11 is 0. The second-order valence-electron chi connectivity index (χ2n) is 3.28. The molecule has 82 valence electrons. The second kappa shape index (κ2) is 3.69. The zero-order chi connectivity index (χ0) is 11.7. The molecule has 7 nitrogen and oxygen atoms in total. The van der Waals surface area contributed by atoms with E-state index in [1.807, 2.05) is 0 Å². The molecule has 2 heterocycles. The second-order valence-corrected chi connectivity index (χ2v) is 3.28. The van der Waals surface area contributed by atoms with Crippen molar-refractivity contribution in [3.05, 3.63) is 22.2 Å². The van der Waals surface area contributed by atoms with E-state index in [9.17, 15) is 9.59 Å². The number of carbonyl (C=O) groups excluding carboxylic acids is 1. The molecule has 0 saturated heterocycles. The molecule has 0 unspecified atom stereocenters. The molecule has 0 aliphatic rings. The largest absolute Gasteiger partial charge is 0.296 e. The Hall–Kier alpha value is -2.31. The first kappa shape index (κ1) is 10.2. The lowest BCUT2D eigenvalue weighted by Gasteiger charge is -2.01. The van der Waals surface area contributed by atoms with Crippen LogP contribution in [0, 0.1) is 6.92 Å². The number of fused-ring (bicyclic) bond motifs is 1. The Balaban J connectivity index is 2.64. The number of aromatic nitrogens is 4. The van der Waals surface area contributed by atoms with Crippen molar-refractivity contribution in [2.24, 2.45) is 0 Å². The van der Waals surface area contributed by atoms with E-state index in [-0.39, 0.29) is 23.0 Å². The fourth-order valence-corrected chi connectivity index (χ4v) is 1.23. The van der Waals surface area contributed by atoms with E-state index >= 15 is 0 Å². The molecule has 0 atom stereocenters. The first-order chi connectivity index (χ1) is 7.56. The number of nitrogens with zero attached hydrogens (tertiary/aromatic N) is 3. The van der Waals surface area contributed by atoms with Crippen molar-refractivity contribution < 1.29 is 4.79 Å². The maximum Gasteiger partial charge on any atom is 0.280 e. The topological polar surface area (TPSA) is 101 Å². The van der Waals surface area contributed by atoms with Crippen LogP contribution < -0.4 is 10.9 Å². The van der Waals surface area contributed by atoms with Gasteiger partial charge in [-0.25, -0.2) is 9.97 Å². The minimum absolute atomic E-state index is 0.0724. The molecule has 0 bridgehead atoms. The van der Waals surface area contributed by atoms with Gasteiger partial charge in [-0.3, -0.25) is 19.9 Å². The van der Waals surface area contributed by atoms with Crippen LogP contribution in [0.5, 0.6) is 0 Å². The highest BCUT2D eigenvalue weighted by molar-refractivity contribution is 5.87. The van der Waals surface area contributed by atoms with Crippen molar-refractivity contribution in [3.8, 4) is 0 Å². The number of hydrogen-bond donors (Lipinski definition) is 2. The number of rotatable bonds is 1. The molecule has 0 spiro atoms. The quantitative estimate of drug-likeness (QED) is 0.701. The Morgan fingerprint density at radius 1 is 1.44 bits per heavy atom. The molecule has 0 radical (unpaired) electrons. The molecule has 0 aliphatic heterocycles. The summed E-state index contributed by atoms with van der Waals surface area (Å²) in [6.07, 6.45) is 1.51. The number of hydrogen-bond acceptors (Lipinski definition) is 5. The third-order valence-corrected chi connectivity index (χ3v) is 1.83. The fraction of sp³-hybridized carbons (Fsp3) is 0.222. The third kappa shape index (κ3) is 1.88. The average molecular weight is 219 g/mol. The molecule has 0 saturated carbocycles. The zero-order valence-electron chi connectivity index (χ0n) is 8.74. The van der Waals surface area contributed by atoms with Crippen LogP contribution in [-0.2, 0) is 4.79 Å². The Kier molecular flexibility index (Phi) is 2.35. The number of aryl methyl sites for hydroxylation is 1. The van der Waals surface area contributed by atoms with Crippen molar-refractivity contribution in [3.63, 3.8) is 0 Å². The summed E-state index contributed by atoms with van der Waals surface area (Å²) in [5.74, 6) is -0.245. The third-order valence-electron chi connectivity index (χ3n) is 1.83. The summed E-state index contributed by atoms with van der Waals surface area (Å²) < 4.78 is 0. The summed E-state index contributed by atoms with van der Waals surface area (Å²) in [6, 6.07) is 0. The molecule has 2 aromatic heterocycles. The molecule has 7 heteroatoms. The van der Waals surface area contributed by atoms with Crippen molar-refractivity contribution in [2.45, 2.75) is 13.8 Å². The van der Waals surface area contributed by atoms with Gasteiger partial charge in [0.1, 0.15) is 0 Å². The number of anilines is 1. The van der Waals surface area contributed by atoms with E-state index < -0.39 is 5.56 Å². The maximum absolute atomic E-state index is 11.6. The predicted molar refractivity (Wildman–Crippen MR) is 57.0 cm³/mol. The van der Waals surface area contributed by atoms with Crippen LogP contribution in [0.1, 0.15) is 12.6 Å². The first-order valence-corrected chi connectivity index (χ1v) is 4.57. The molecule has 16 heavy (non-hydrogen) atoms. The van der Waals surface area contributed by atoms with E-state index in [4.69, 9.17) is 0 Å². The molecule has 2 N–H and O–H groups in total. The standard InChI is InChI=1S/C9H9N5O2/c1-4-3-10-7-6(11-4)8(16)14-9(13-7)12-5(2)15/h3H,1-2H3,(H2,10,12,13,14,15,16).